The summed E-state index contributed by atoms with van der Waals surface area (Å²) in [6.07, 6.45) is -1.55. The molecule has 0 radical (unpaired) electrons. The fourth-order valence-corrected chi connectivity index (χ4v) is 4.56. The smallest absolute Gasteiger partial charge is 0.337 e. The zero-order chi connectivity index (χ0) is 20.8. The van der Waals surface area contributed by atoms with E-state index in [0.29, 0.717) is 25.1 Å². The Morgan fingerprint density at radius 1 is 1.28 bits per heavy atom. The largest absolute Gasteiger partial charge is 0.416 e. The third kappa shape index (κ3) is 3.78. The van der Waals surface area contributed by atoms with Crippen LogP contribution in [-0.4, -0.2) is 39.1 Å². The lowest BCUT2D eigenvalue weighted by atomic mass is 9.89. The number of piperidine rings is 1. The van der Waals surface area contributed by atoms with Crippen LogP contribution in [0, 0.1) is 12.8 Å². The number of rotatable bonds is 3. The van der Waals surface area contributed by atoms with Crippen LogP contribution >= 0.6 is 11.3 Å². The van der Waals surface area contributed by atoms with Gasteiger partial charge in [0.15, 0.2) is 10.7 Å². The number of hydrogen-bond acceptors (Lipinski definition) is 4. The highest BCUT2D eigenvalue weighted by Gasteiger charge is 2.33. The predicted octanol–water partition coefficient (Wildman–Crippen LogP) is 4.46. The summed E-state index contributed by atoms with van der Waals surface area (Å²) in [7, 11) is 0. The Morgan fingerprint density at radius 3 is 2.83 bits per heavy atom. The molecule has 1 atom stereocenters. The minimum atomic E-state index is -4.50. The van der Waals surface area contributed by atoms with Crippen molar-refractivity contribution in [2.75, 3.05) is 13.1 Å². The van der Waals surface area contributed by atoms with Gasteiger partial charge in [-0.1, -0.05) is 12.1 Å². The van der Waals surface area contributed by atoms with E-state index in [1.54, 1.807) is 20.9 Å². The van der Waals surface area contributed by atoms with E-state index in [-0.39, 0.29) is 23.8 Å². The molecular weight excluding hydrogens is 403 g/mol. The number of aryl methyl sites for hydroxylation is 1. The van der Waals surface area contributed by atoms with E-state index in [0.717, 1.165) is 22.8 Å². The molecule has 152 valence electrons. The minimum Gasteiger partial charge on any atom is -0.337 e. The molecule has 1 saturated heterocycles. The molecule has 1 fully saturated rings. The SMILES string of the molecule is Cc1cn2c(C(=O)N3CCC[C@@H](C(=O)c4cccc(C(F)(F)F)c4)C3)csc2n1. The van der Waals surface area contributed by atoms with Gasteiger partial charge in [0.05, 0.1) is 11.3 Å². The van der Waals surface area contributed by atoms with Gasteiger partial charge in [-0.15, -0.1) is 11.3 Å². The van der Waals surface area contributed by atoms with Crippen molar-refractivity contribution in [1.82, 2.24) is 14.3 Å². The average Bonchev–Trinajstić information content (AvgIpc) is 3.25. The van der Waals surface area contributed by atoms with Gasteiger partial charge in [0.1, 0.15) is 5.69 Å². The summed E-state index contributed by atoms with van der Waals surface area (Å²) in [5.41, 5.74) is 0.477. The van der Waals surface area contributed by atoms with Crippen LogP contribution in [0.5, 0.6) is 0 Å². The zero-order valence-electron chi connectivity index (χ0n) is 15.6. The van der Waals surface area contributed by atoms with Crippen molar-refractivity contribution in [1.29, 1.82) is 0 Å². The van der Waals surface area contributed by atoms with Crippen LogP contribution in [-0.2, 0) is 6.18 Å². The van der Waals surface area contributed by atoms with Crippen molar-refractivity contribution in [3.63, 3.8) is 0 Å². The summed E-state index contributed by atoms with van der Waals surface area (Å²) >= 11 is 1.37. The highest BCUT2D eigenvalue weighted by atomic mass is 32.1. The lowest BCUT2D eigenvalue weighted by molar-refractivity contribution is -0.137. The minimum absolute atomic E-state index is 0.0299. The number of benzene rings is 1. The first-order chi connectivity index (χ1) is 13.7. The molecule has 3 aromatic rings. The predicted molar refractivity (Wildman–Crippen MR) is 102 cm³/mol. The second-order valence-corrected chi connectivity index (χ2v) is 8.03. The van der Waals surface area contributed by atoms with Gasteiger partial charge in [0.25, 0.3) is 5.91 Å². The molecule has 1 amide bonds. The normalized spacial score (nSPS) is 17.7. The Labute approximate surface area is 168 Å². The van der Waals surface area contributed by atoms with Gasteiger partial charge in [0.2, 0.25) is 0 Å². The molecule has 0 saturated carbocycles. The number of aromatic nitrogens is 2. The highest BCUT2D eigenvalue weighted by Crippen LogP contribution is 2.31. The van der Waals surface area contributed by atoms with Gasteiger partial charge < -0.3 is 4.90 Å². The number of halogens is 3. The number of amides is 1. The summed E-state index contributed by atoms with van der Waals surface area (Å²) in [5.74, 6) is -1.08. The Bertz CT molecular complexity index is 1090. The van der Waals surface area contributed by atoms with Gasteiger partial charge in [0, 0.05) is 36.1 Å². The number of carbonyl (C=O) groups is 2. The van der Waals surface area contributed by atoms with Crippen LogP contribution in [0.1, 0.15) is 44.9 Å². The number of hydrogen-bond donors (Lipinski definition) is 0. The van der Waals surface area contributed by atoms with E-state index >= 15 is 0 Å². The lowest BCUT2D eigenvalue weighted by Gasteiger charge is -2.32. The molecule has 0 aliphatic carbocycles. The molecule has 1 aromatic carbocycles. The third-order valence-electron chi connectivity index (χ3n) is 5.10. The van der Waals surface area contributed by atoms with Crippen molar-refractivity contribution in [2.24, 2.45) is 5.92 Å². The fourth-order valence-electron chi connectivity index (χ4n) is 3.67. The molecule has 29 heavy (non-hydrogen) atoms. The molecule has 0 spiro atoms. The van der Waals surface area contributed by atoms with Crippen LogP contribution < -0.4 is 0 Å². The molecule has 0 unspecified atom stereocenters. The number of ketones is 1. The maximum Gasteiger partial charge on any atom is 0.416 e. The Kier molecular flexibility index (Phi) is 4.94. The second kappa shape index (κ2) is 7.29. The lowest BCUT2D eigenvalue weighted by Crippen LogP contribution is -2.42. The van der Waals surface area contributed by atoms with Crippen molar-refractivity contribution in [3.05, 3.63) is 58.4 Å². The molecule has 0 bridgehead atoms. The molecule has 5 nitrogen and oxygen atoms in total. The van der Waals surface area contributed by atoms with Crippen molar-refractivity contribution >= 4 is 28.0 Å². The van der Waals surface area contributed by atoms with Crippen molar-refractivity contribution in [3.8, 4) is 0 Å². The van der Waals surface area contributed by atoms with E-state index in [1.165, 1.54) is 23.5 Å². The number of carbonyl (C=O) groups excluding carboxylic acids is 2. The summed E-state index contributed by atoms with van der Waals surface area (Å²) in [4.78, 5) is 32.5. The molecule has 9 heteroatoms. The number of Topliss-reactive ketones (excluding diaryl/α,β-unsaturated/α-hetero) is 1. The van der Waals surface area contributed by atoms with Crippen molar-refractivity contribution < 1.29 is 22.8 Å². The number of thiazole rings is 1. The number of nitrogens with zero attached hydrogens (tertiary/aromatic N) is 3. The maximum absolute atomic E-state index is 13.0. The Hall–Kier alpha value is -2.68. The second-order valence-electron chi connectivity index (χ2n) is 7.19. The van der Waals surface area contributed by atoms with E-state index in [4.69, 9.17) is 0 Å². The van der Waals surface area contributed by atoms with Crippen LogP contribution in [0.3, 0.4) is 0 Å². The molecule has 2 aromatic heterocycles. The first-order valence-corrected chi connectivity index (χ1v) is 10.1. The molecule has 0 N–H and O–H groups in total. The maximum atomic E-state index is 13.0. The number of imidazole rings is 1. The van der Waals surface area contributed by atoms with Gasteiger partial charge in [-0.2, -0.15) is 13.2 Å². The highest BCUT2D eigenvalue weighted by molar-refractivity contribution is 7.15. The van der Waals surface area contributed by atoms with Gasteiger partial charge in [-0.3, -0.25) is 14.0 Å². The fraction of sp³-hybridized carbons (Fsp3) is 0.350. The molecule has 3 heterocycles. The van der Waals surface area contributed by atoms with Crippen LogP contribution in [0.2, 0.25) is 0 Å². The number of alkyl halides is 3. The summed E-state index contributed by atoms with van der Waals surface area (Å²) in [6, 6.07) is 4.47. The first-order valence-electron chi connectivity index (χ1n) is 9.18. The van der Waals surface area contributed by atoms with Gasteiger partial charge in [-0.25, -0.2) is 4.98 Å². The molecule has 4 rings (SSSR count). The van der Waals surface area contributed by atoms with Gasteiger partial charge >= 0.3 is 6.18 Å². The van der Waals surface area contributed by atoms with Crippen LogP contribution in [0.25, 0.3) is 4.96 Å². The zero-order valence-corrected chi connectivity index (χ0v) is 16.4. The van der Waals surface area contributed by atoms with E-state index in [1.807, 2.05) is 6.92 Å². The number of likely N-dealkylation sites (tertiary alicyclic amines) is 1. The monoisotopic (exact) mass is 421 g/mol. The topological polar surface area (TPSA) is 54.7 Å². The van der Waals surface area contributed by atoms with E-state index in [2.05, 4.69) is 4.98 Å². The van der Waals surface area contributed by atoms with Crippen molar-refractivity contribution in [2.45, 2.75) is 25.9 Å². The standard InChI is InChI=1S/C20H18F3N3O2S/c1-12-9-26-16(11-29-19(26)24-12)18(28)25-7-3-5-14(10-25)17(27)13-4-2-6-15(8-13)20(21,22)23/h2,4,6,8-9,11,14H,3,5,7,10H2,1H3/t14-/m1/s1. The Morgan fingerprint density at radius 2 is 2.07 bits per heavy atom. The quantitative estimate of drug-likeness (QED) is 0.587. The first kappa shape index (κ1) is 19.6. The van der Waals surface area contributed by atoms with Gasteiger partial charge in [-0.05, 0) is 31.9 Å². The molecule has 1 aliphatic heterocycles. The number of fused-ring (bicyclic) bond motifs is 1. The average molecular weight is 421 g/mol. The van der Waals surface area contributed by atoms with Crippen LogP contribution in [0.4, 0.5) is 13.2 Å². The molecular formula is C20H18F3N3O2S. The Balaban J connectivity index is 1.54. The summed E-state index contributed by atoms with van der Waals surface area (Å²) in [6.45, 7) is 2.55. The van der Waals surface area contributed by atoms with E-state index in [9.17, 15) is 22.8 Å². The van der Waals surface area contributed by atoms with E-state index < -0.39 is 17.7 Å². The summed E-state index contributed by atoms with van der Waals surface area (Å²) in [5, 5.41) is 1.74. The molecule has 1 aliphatic rings. The third-order valence-corrected chi connectivity index (χ3v) is 5.94. The van der Waals surface area contributed by atoms with Crippen LogP contribution in [0.15, 0.2) is 35.8 Å². The summed E-state index contributed by atoms with van der Waals surface area (Å²) < 4.78 is 40.6.